The Morgan fingerprint density at radius 2 is 1.82 bits per heavy atom. The van der Waals surface area contributed by atoms with E-state index in [9.17, 15) is 4.79 Å². The first kappa shape index (κ1) is 21.1. The monoisotopic (exact) mass is 459 g/mol. The Morgan fingerprint density at radius 1 is 1.06 bits per heavy atom. The zero-order chi connectivity index (χ0) is 22.9. The second kappa shape index (κ2) is 8.65. The van der Waals surface area contributed by atoms with Crippen LogP contribution in [0.4, 0.5) is 16.4 Å². The minimum absolute atomic E-state index is 0.0963. The maximum atomic E-state index is 12.5. The molecule has 1 fully saturated rings. The number of urea groups is 1. The van der Waals surface area contributed by atoms with E-state index in [1.54, 1.807) is 12.3 Å². The number of aromatic nitrogens is 3. The number of benzene rings is 2. The number of likely N-dealkylation sites (N-methyl/N-ethyl adjacent to an activating group) is 1. The molecule has 1 saturated heterocycles. The lowest BCUT2D eigenvalue weighted by molar-refractivity contribution is 0.165. The Hall–Kier alpha value is -3.75. The number of halogens is 1. The third kappa shape index (κ3) is 4.30. The van der Waals surface area contributed by atoms with Crippen molar-refractivity contribution in [2.75, 3.05) is 31.2 Å². The summed E-state index contributed by atoms with van der Waals surface area (Å²) in [6, 6.07) is 16.9. The average molecular weight is 460 g/mol. The number of likely N-dealkylation sites (tertiary alicyclic amines) is 1. The van der Waals surface area contributed by atoms with Gasteiger partial charge >= 0.3 is 6.03 Å². The number of amides is 2. The molecule has 166 valence electrons. The highest BCUT2D eigenvalue weighted by atomic mass is 35.5. The summed E-state index contributed by atoms with van der Waals surface area (Å²) in [6.07, 6.45) is 1.70. The molecule has 4 N–H and O–H groups in total. The van der Waals surface area contributed by atoms with E-state index in [0.29, 0.717) is 21.9 Å². The van der Waals surface area contributed by atoms with Crippen LogP contribution < -0.4 is 16.4 Å². The van der Waals surface area contributed by atoms with Crippen LogP contribution in [0.15, 0.2) is 60.8 Å². The van der Waals surface area contributed by atoms with Crippen molar-refractivity contribution in [3.63, 3.8) is 0 Å². The molecular formula is C24H22ClN7O. The van der Waals surface area contributed by atoms with E-state index < -0.39 is 0 Å². The van der Waals surface area contributed by atoms with E-state index in [-0.39, 0.29) is 23.7 Å². The number of rotatable bonds is 4. The largest absolute Gasteiger partial charge is 0.381 e. The van der Waals surface area contributed by atoms with Crippen molar-refractivity contribution in [3.05, 3.63) is 65.8 Å². The summed E-state index contributed by atoms with van der Waals surface area (Å²) in [6.45, 7) is 1.60. The molecule has 9 heteroatoms. The Morgan fingerprint density at radius 3 is 2.58 bits per heavy atom. The number of fused-ring (bicyclic) bond motifs is 1. The van der Waals surface area contributed by atoms with Crippen molar-refractivity contribution in [1.82, 2.24) is 25.2 Å². The van der Waals surface area contributed by atoms with Gasteiger partial charge in [0.1, 0.15) is 0 Å². The summed E-state index contributed by atoms with van der Waals surface area (Å²) >= 11 is 6.54. The van der Waals surface area contributed by atoms with Gasteiger partial charge < -0.3 is 16.0 Å². The first-order chi connectivity index (χ1) is 16.0. The quantitative estimate of drug-likeness (QED) is 0.425. The van der Waals surface area contributed by atoms with Crippen LogP contribution in [0.2, 0.25) is 5.02 Å². The summed E-state index contributed by atoms with van der Waals surface area (Å²) in [4.78, 5) is 28.3. The molecule has 0 spiro atoms. The van der Waals surface area contributed by atoms with Crippen molar-refractivity contribution >= 4 is 40.2 Å². The fraction of sp³-hybridized carbons (Fsp3) is 0.167. The number of nitrogens with one attached hydrogen (secondary N) is 2. The van der Waals surface area contributed by atoms with Gasteiger partial charge in [-0.25, -0.2) is 14.8 Å². The fourth-order valence-electron chi connectivity index (χ4n) is 3.94. The molecule has 5 rings (SSSR count). The predicted octanol–water partition coefficient (Wildman–Crippen LogP) is 4.03. The molecule has 2 aromatic heterocycles. The van der Waals surface area contributed by atoms with Gasteiger partial charge in [0.2, 0.25) is 0 Å². The summed E-state index contributed by atoms with van der Waals surface area (Å²) < 4.78 is 0. The summed E-state index contributed by atoms with van der Waals surface area (Å²) in [5.41, 5.74) is 9.67. The number of carbonyl (C=O) groups is 1. The fourth-order valence-corrected chi connectivity index (χ4v) is 4.22. The SMILES string of the molecule is CN1CC(NC(=O)Nc2nc(-c3cc(Cl)c4ncccc4c3)c(-c3ccccc3)nc2N)C1. The third-order valence-corrected chi connectivity index (χ3v) is 5.82. The number of pyridine rings is 1. The average Bonchev–Trinajstić information content (AvgIpc) is 2.79. The van der Waals surface area contributed by atoms with Crippen LogP contribution in [-0.2, 0) is 0 Å². The van der Waals surface area contributed by atoms with Crippen LogP contribution in [-0.4, -0.2) is 52.1 Å². The van der Waals surface area contributed by atoms with E-state index in [4.69, 9.17) is 22.3 Å². The maximum Gasteiger partial charge on any atom is 0.320 e. The van der Waals surface area contributed by atoms with Gasteiger partial charge in [0.05, 0.1) is 28.0 Å². The molecule has 2 amide bonds. The van der Waals surface area contributed by atoms with Crippen LogP contribution in [0.5, 0.6) is 0 Å². The van der Waals surface area contributed by atoms with Crippen molar-refractivity contribution in [3.8, 4) is 22.5 Å². The topological polar surface area (TPSA) is 109 Å². The molecule has 4 aromatic rings. The molecular weight excluding hydrogens is 438 g/mol. The second-order valence-electron chi connectivity index (χ2n) is 8.07. The molecule has 3 heterocycles. The van der Waals surface area contributed by atoms with Gasteiger partial charge in [-0.2, -0.15) is 0 Å². The van der Waals surface area contributed by atoms with Gasteiger partial charge in [-0.05, 0) is 25.2 Å². The number of hydrogen-bond donors (Lipinski definition) is 3. The van der Waals surface area contributed by atoms with Crippen molar-refractivity contribution < 1.29 is 4.79 Å². The van der Waals surface area contributed by atoms with Gasteiger partial charge in [0.25, 0.3) is 0 Å². The molecule has 0 unspecified atom stereocenters. The number of nitrogens with two attached hydrogens (primary N) is 1. The molecule has 1 aliphatic rings. The summed E-state index contributed by atoms with van der Waals surface area (Å²) in [5.74, 6) is 0.323. The Labute approximate surface area is 195 Å². The van der Waals surface area contributed by atoms with Crippen LogP contribution in [0.25, 0.3) is 33.4 Å². The molecule has 0 radical (unpaired) electrons. The maximum absolute atomic E-state index is 12.5. The number of carbonyl (C=O) groups excluding carboxylic acids is 1. The molecule has 2 aromatic carbocycles. The van der Waals surface area contributed by atoms with Gasteiger partial charge in [-0.3, -0.25) is 10.3 Å². The molecule has 1 aliphatic heterocycles. The molecule has 0 aliphatic carbocycles. The summed E-state index contributed by atoms with van der Waals surface area (Å²) in [5, 5.41) is 7.05. The van der Waals surface area contributed by atoms with E-state index in [2.05, 4.69) is 25.5 Å². The van der Waals surface area contributed by atoms with Gasteiger partial charge in [0, 0.05) is 35.8 Å². The van der Waals surface area contributed by atoms with Crippen molar-refractivity contribution in [1.29, 1.82) is 0 Å². The highest BCUT2D eigenvalue weighted by Crippen LogP contribution is 2.35. The lowest BCUT2D eigenvalue weighted by atomic mass is 10.0. The van der Waals surface area contributed by atoms with Crippen LogP contribution >= 0.6 is 11.6 Å². The van der Waals surface area contributed by atoms with E-state index in [0.717, 1.165) is 29.6 Å². The molecule has 0 saturated carbocycles. The van der Waals surface area contributed by atoms with E-state index in [1.807, 2.05) is 55.6 Å². The van der Waals surface area contributed by atoms with Crippen molar-refractivity contribution in [2.45, 2.75) is 6.04 Å². The number of nitrogens with zero attached hydrogens (tertiary/aromatic N) is 4. The highest BCUT2D eigenvalue weighted by molar-refractivity contribution is 6.35. The zero-order valence-electron chi connectivity index (χ0n) is 17.9. The second-order valence-corrected chi connectivity index (χ2v) is 8.48. The first-order valence-electron chi connectivity index (χ1n) is 10.5. The number of anilines is 2. The Bertz CT molecular complexity index is 1340. The van der Waals surface area contributed by atoms with E-state index >= 15 is 0 Å². The van der Waals surface area contributed by atoms with E-state index in [1.165, 1.54) is 0 Å². The van der Waals surface area contributed by atoms with Gasteiger partial charge in [0.15, 0.2) is 11.6 Å². The minimum atomic E-state index is -0.367. The normalized spacial score (nSPS) is 14.1. The number of hydrogen-bond acceptors (Lipinski definition) is 6. The highest BCUT2D eigenvalue weighted by Gasteiger charge is 2.25. The standard InChI is InChI=1S/C24H22ClN7O/c1-32-12-17(13-32)28-24(33)31-23-22(26)29-20(14-6-3-2-4-7-14)21(30-23)16-10-15-8-5-9-27-19(15)18(25)11-16/h2-11,17H,12-13H2,1H3,(H2,26,29)(H2,28,30,31,33). The van der Waals surface area contributed by atoms with Gasteiger partial charge in [-0.15, -0.1) is 0 Å². The van der Waals surface area contributed by atoms with Crippen LogP contribution in [0.3, 0.4) is 0 Å². The number of nitrogen functional groups attached to an aromatic ring is 1. The van der Waals surface area contributed by atoms with Crippen LogP contribution in [0.1, 0.15) is 0 Å². The summed E-state index contributed by atoms with van der Waals surface area (Å²) in [7, 11) is 2.00. The molecule has 8 nitrogen and oxygen atoms in total. The lowest BCUT2D eigenvalue weighted by Crippen LogP contribution is -2.58. The van der Waals surface area contributed by atoms with Crippen LogP contribution in [0, 0.1) is 0 Å². The molecule has 33 heavy (non-hydrogen) atoms. The zero-order valence-corrected chi connectivity index (χ0v) is 18.7. The van der Waals surface area contributed by atoms with Gasteiger partial charge in [-0.1, -0.05) is 48.0 Å². The lowest BCUT2D eigenvalue weighted by Gasteiger charge is -2.36. The third-order valence-electron chi connectivity index (χ3n) is 5.53. The Balaban J connectivity index is 1.58. The Kier molecular flexibility index (Phi) is 5.53. The van der Waals surface area contributed by atoms with Crippen molar-refractivity contribution in [2.24, 2.45) is 0 Å². The molecule has 0 atom stereocenters. The minimum Gasteiger partial charge on any atom is -0.381 e. The molecule has 0 bridgehead atoms. The predicted molar refractivity (Wildman–Crippen MR) is 131 cm³/mol. The first-order valence-corrected chi connectivity index (χ1v) is 10.9. The smallest absolute Gasteiger partial charge is 0.320 e.